The number of carboxylic acids is 1. The maximum Gasteiger partial charge on any atom is 1.00 e. The van der Waals surface area contributed by atoms with Crippen LogP contribution in [-0.2, 0) is 57.7 Å². The summed E-state index contributed by atoms with van der Waals surface area (Å²) in [5.74, 6) is 1.35. The van der Waals surface area contributed by atoms with Crippen LogP contribution in [0, 0.1) is 37.0 Å². The van der Waals surface area contributed by atoms with Crippen molar-refractivity contribution in [3.63, 3.8) is 0 Å². The molecule has 0 radical (unpaired) electrons. The van der Waals surface area contributed by atoms with E-state index in [1.54, 1.807) is 18.8 Å². The topological polar surface area (TPSA) is 327 Å². The zero-order valence-corrected chi connectivity index (χ0v) is 78.4. The number of halogens is 1. The normalized spacial score (nSPS) is 17.8. The molecule has 9 aromatic rings. The molecule has 0 saturated carbocycles. The van der Waals surface area contributed by atoms with Gasteiger partial charge in [0.25, 0.3) is 0 Å². The molecule has 3 aromatic carbocycles. The Labute approximate surface area is 754 Å². The Morgan fingerprint density at radius 2 is 0.752 bits per heavy atom. The summed E-state index contributed by atoms with van der Waals surface area (Å²) in [6.07, 6.45) is 2.93. The minimum Gasteiger partial charge on any atom is -0.870 e. The van der Waals surface area contributed by atoms with Gasteiger partial charge in [0.05, 0.1) is 47.7 Å². The van der Waals surface area contributed by atoms with Crippen molar-refractivity contribution in [1.29, 1.82) is 0 Å². The van der Waals surface area contributed by atoms with Crippen molar-refractivity contribution in [2.24, 2.45) is 16.2 Å². The number of piperidine rings is 3. The molecule has 670 valence electrons. The quantitative estimate of drug-likeness (QED) is 0.0529. The van der Waals surface area contributed by atoms with Crippen LogP contribution in [-0.4, -0.2) is 215 Å². The van der Waals surface area contributed by atoms with Crippen LogP contribution < -0.4 is 48.7 Å². The molecule has 0 aliphatic carbocycles. The molecule has 12 heterocycles. The van der Waals surface area contributed by atoms with E-state index < -0.39 is 53.0 Å². The first kappa shape index (κ1) is 97.3. The number of aryl methyl sites for hydroxylation is 3. The molecule has 15 rings (SSSR count). The van der Waals surface area contributed by atoms with Crippen LogP contribution in [0.15, 0.2) is 114 Å². The van der Waals surface area contributed by atoms with Gasteiger partial charge in [-0.3, -0.25) is 9.80 Å². The maximum absolute atomic E-state index is 13.5. The van der Waals surface area contributed by atoms with E-state index in [0.717, 1.165) is 131 Å². The molecule has 3 atom stereocenters. The molecule has 125 heavy (non-hydrogen) atoms. The summed E-state index contributed by atoms with van der Waals surface area (Å²) in [7, 11) is 2.76. The second kappa shape index (κ2) is 39.9. The number of carbonyl (C=O) groups is 6. The molecule has 0 unspecified atom stereocenters. The van der Waals surface area contributed by atoms with Crippen molar-refractivity contribution >= 4 is 98.0 Å². The number of nitrogens with one attached hydrogen (secondary N) is 1. The molecule has 6 saturated heterocycles. The number of nitrogens with zero attached hydrogens (tertiary/aromatic N) is 17. The Balaban J connectivity index is 0.000000183. The van der Waals surface area contributed by atoms with Crippen LogP contribution in [0.3, 0.4) is 0 Å². The van der Waals surface area contributed by atoms with Crippen molar-refractivity contribution in [2.75, 3.05) is 117 Å². The maximum atomic E-state index is 13.5. The number of ether oxygens (including phenoxy) is 5. The van der Waals surface area contributed by atoms with Crippen LogP contribution in [0.2, 0.25) is 0 Å². The second-order valence-corrected chi connectivity index (χ2v) is 38.9. The number of rotatable bonds is 20. The number of hydrogen-bond donors (Lipinski definition) is 2. The van der Waals surface area contributed by atoms with E-state index in [9.17, 15) is 33.9 Å². The van der Waals surface area contributed by atoms with Crippen molar-refractivity contribution in [1.82, 2.24) is 63.8 Å². The molecule has 0 spiro atoms. The third-order valence-electron chi connectivity index (χ3n) is 23.2. The van der Waals surface area contributed by atoms with Gasteiger partial charge >= 0.3 is 54.9 Å². The van der Waals surface area contributed by atoms with E-state index in [-0.39, 0.29) is 53.3 Å². The number of esters is 2. The van der Waals surface area contributed by atoms with Gasteiger partial charge in [0.2, 0.25) is 0 Å². The predicted molar refractivity (Wildman–Crippen MR) is 480 cm³/mol. The van der Waals surface area contributed by atoms with Crippen molar-refractivity contribution in [3.05, 3.63) is 164 Å². The molecule has 6 fully saturated rings. The molecule has 31 nitrogen and oxygen atoms in total. The molecule has 3 N–H and O–H groups in total. The number of anilines is 5. The van der Waals surface area contributed by atoms with Gasteiger partial charge in [-0.15, -0.1) is 10.2 Å². The van der Waals surface area contributed by atoms with Gasteiger partial charge in [0.15, 0.2) is 46.9 Å². The molecular formula is C92H126BrLiN18O13. The first-order valence-electron chi connectivity index (χ1n) is 42.8. The SMILES string of the molecule is COC(=O)[C@@H](OC(C)(C)C)c1c(C)nc2cc(Br)nn2c1N1CCC(C)(C)CC1.COC(=O)[C@@H](OC(C)(C)C)c1c(C)nc2cc(N3CCN(Cc4ccccc4)C3=O)nn2c1N1CCC(C)(C)CC1.Cc1nc2cc(N3CCN(Cc4ccccc4)C3=O)nn2c(N2CCC(C)(C)CC2)c1[C@H](OC(C)(C)C)C(=O)O.O=C1NCCN1Cc1ccccc1.[Li+].[OH-]. The van der Waals surface area contributed by atoms with Crippen molar-refractivity contribution in [2.45, 2.75) is 218 Å². The molecular weight excluding hydrogens is 1650 g/mol. The molecule has 0 bridgehead atoms. The van der Waals surface area contributed by atoms with Crippen LogP contribution >= 0.6 is 15.9 Å². The average molecular weight is 1780 g/mol. The molecule has 6 aliphatic heterocycles. The van der Waals surface area contributed by atoms with Gasteiger partial charge < -0.3 is 69.0 Å². The van der Waals surface area contributed by atoms with Crippen LogP contribution in [0.4, 0.5) is 43.5 Å². The van der Waals surface area contributed by atoms with Gasteiger partial charge in [0.1, 0.15) is 22.1 Å². The summed E-state index contributed by atoms with van der Waals surface area (Å²) < 4.78 is 35.0. The first-order valence-corrected chi connectivity index (χ1v) is 43.6. The van der Waals surface area contributed by atoms with E-state index in [0.29, 0.717) is 107 Å². The fraction of sp³-hybridized carbons (Fsp3) is 0.543. The average Bonchev–Trinajstić information content (AvgIpc) is 1.65. The van der Waals surface area contributed by atoms with Crippen LogP contribution in [0.25, 0.3) is 16.9 Å². The number of amides is 6. The van der Waals surface area contributed by atoms with Crippen LogP contribution in [0.5, 0.6) is 0 Å². The second-order valence-electron chi connectivity index (χ2n) is 38.1. The summed E-state index contributed by atoms with van der Waals surface area (Å²) in [4.78, 5) is 107. The predicted octanol–water partition coefficient (Wildman–Crippen LogP) is 12.7. The molecule has 6 aliphatic rings. The van der Waals surface area contributed by atoms with E-state index in [2.05, 4.69) is 82.6 Å². The number of aliphatic carboxylic acids is 1. The van der Waals surface area contributed by atoms with E-state index >= 15 is 0 Å². The van der Waals surface area contributed by atoms with E-state index in [4.69, 9.17) is 48.8 Å². The largest absolute Gasteiger partial charge is 1.00 e. The Bertz CT molecular complexity index is 5250. The monoisotopic (exact) mass is 1780 g/mol. The zero-order valence-electron chi connectivity index (χ0n) is 76.8. The first-order chi connectivity index (χ1) is 58.0. The minimum absolute atomic E-state index is 0. The van der Waals surface area contributed by atoms with Crippen molar-refractivity contribution in [3.8, 4) is 0 Å². The number of urea groups is 3. The van der Waals surface area contributed by atoms with Gasteiger partial charge in [-0.05, 0) is 170 Å². The summed E-state index contributed by atoms with van der Waals surface area (Å²) in [5, 5.41) is 27.5. The molecule has 33 heteroatoms. The van der Waals surface area contributed by atoms with E-state index in [1.807, 2.05) is 211 Å². The van der Waals surface area contributed by atoms with Crippen LogP contribution in [0.1, 0.15) is 211 Å². The van der Waals surface area contributed by atoms with Gasteiger partial charge in [-0.25, -0.2) is 43.7 Å². The summed E-state index contributed by atoms with van der Waals surface area (Å²) in [5.41, 5.74) is 8.00. The Morgan fingerprint density at radius 1 is 0.448 bits per heavy atom. The van der Waals surface area contributed by atoms with Gasteiger partial charge in [0, 0.05) is 133 Å². The number of methoxy groups -OCH3 is 2. The number of carbonyl (C=O) groups excluding carboxylic acids is 5. The standard InChI is InChI=1S/C31H42N6O4.C30H40N6O4.C21H31BrN4O3.C10H12N2O.Li.H2O/c1-21-25(26(28(38)40-7)41-30(2,3)4)27(34-15-13-31(5,6)14-16-34)37-23(32-21)19-24(33-37)36-18-17-35(29(36)39)20-22-11-9-8-10-12-22;1-20-24(25(27(37)38)40-29(2,3)4)26(33-14-12-30(5,6)13-15-33)36-22(31-20)18-23(32-36)35-17-16-34(28(35)39)19-21-10-8-7-9-11-21;1-13-16(17(19(27)28-7)29-20(2,3)4)18(25-10-8-21(5,6)9-11-25)26-15(23-13)12-14(22)24-26;13-10-11-6-7-12(10)8-9-4-2-1-3-5-9;;/h8-12,19,26H,13-18,20H2,1-7H3;7-11,18,25H,12-17,19H2,1-6H3,(H,37,38);12,17H,8-11H2,1-7H3;1-5H,6-8H2,(H,11,13);;1H2/q;;;;+1;/p-1/t26-;25-;17-;;;/m000.../s1. The summed E-state index contributed by atoms with van der Waals surface area (Å²) >= 11 is 3.47. The number of hydrogen-bond acceptors (Lipinski definition) is 21. The fourth-order valence-corrected chi connectivity index (χ4v) is 16.6. The zero-order chi connectivity index (χ0) is 89.0. The van der Waals surface area contributed by atoms with Crippen molar-refractivity contribution < 1.29 is 81.9 Å². The van der Waals surface area contributed by atoms with Gasteiger partial charge in [-0.2, -0.15) is 18.6 Å². The summed E-state index contributed by atoms with van der Waals surface area (Å²) in [6.45, 7) is 46.8. The Kier molecular flexibility index (Phi) is 31.1. The van der Waals surface area contributed by atoms with Gasteiger partial charge in [-0.1, -0.05) is 133 Å². The smallest absolute Gasteiger partial charge is 0.870 e. The number of aromatic nitrogens is 9. The Hall–Kier alpha value is -9.94. The number of benzene rings is 3. The summed E-state index contributed by atoms with van der Waals surface area (Å²) in [6, 6.07) is 35.4. The number of carboxylic acid groups (broad SMARTS) is 1. The minimum atomic E-state index is -1.22. The third-order valence-corrected chi connectivity index (χ3v) is 23.6. The number of fused-ring (bicyclic) bond motifs is 3. The van der Waals surface area contributed by atoms with E-state index in [1.165, 1.54) is 19.8 Å². The third kappa shape index (κ3) is 23.8. The fourth-order valence-electron chi connectivity index (χ4n) is 16.3. The molecule has 6 aromatic heterocycles. The Morgan fingerprint density at radius 3 is 1.06 bits per heavy atom. The molecule has 6 amide bonds.